The largest absolute Gasteiger partial charge is 0.355 e. The van der Waals surface area contributed by atoms with Gasteiger partial charge in [-0.15, -0.1) is 35.3 Å². The van der Waals surface area contributed by atoms with Crippen molar-refractivity contribution in [1.82, 2.24) is 14.9 Å². The summed E-state index contributed by atoms with van der Waals surface area (Å²) >= 11 is 1.81. The standard InChI is InChI=1S/C15H26N4O2S2.HI/c1-12(11-14-6-5-13(2)22-14)18-15(16-3)17-7-9-19-8-4-10-23(19,20)21;/h5-6,12H,4,7-11H2,1-3H3,(H2,16,17,18);1H. The summed E-state index contributed by atoms with van der Waals surface area (Å²) in [6.07, 6.45) is 1.67. The van der Waals surface area contributed by atoms with Crippen LogP contribution < -0.4 is 10.6 Å². The number of nitrogens with one attached hydrogen (secondary N) is 2. The highest BCUT2D eigenvalue weighted by atomic mass is 127. The van der Waals surface area contributed by atoms with Crippen LogP contribution in [0.2, 0.25) is 0 Å². The van der Waals surface area contributed by atoms with Gasteiger partial charge in [0, 0.05) is 48.9 Å². The molecule has 138 valence electrons. The molecular weight excluding hydrogens is 459 g/mol. The maximum atomic E-state index is 11.7. The SMILES string of the molecule is CN=C(NCCN1CCCS1(=O)=O)NC(C)Cc1ccc(C)s1.I. The van der Waals surface area contributed by atoms with Crippen LogP contribution in [0.5, 0.6) is 0 Å². The molecule has 1 atom stereocenters. The minimum Gasteiger partial charge on any atom is -0.355 e. The Morgan fingerprint density at radius 2 is 2.21 bits per heavy atom. The van der Waals surface area contributed by atoms with Crippen molar-refractivity contribution in [2.24, 2.45) is 4.99 Å². The summed E-state index contributed by atoms with van der Waals surface area (Å²) in [5.41, 5.74) is 0. The fourth-order valence-electron chi connectivity index (χ4n) is 2.62. The van der Waals surface area contributed by atoms with Gasteiger partial charge in [0.25, 0.3) is 0 Å². The zero-order valence-electron chi connectivity index (χ0n) is 14.4. The lowest BCUT2D eigenvalue weighted by atomic mass is 10.2. The van der Waals surface area contributed by atoms with Gasteiger partial charge >= 0.3 is 0 Å². The van der Waals surface area contributed by atoms with Crippen LogP contribution in [-0.2, 0) is 16.4 Å². The minimum absolute atomic E-state index is 0. The van der Waals surface area contributed by atoms with E-state index in [1.165, 1.54) is 9.75 Å². The molecule has 1 aromatic rings. The molecule has 0 spiro atoms. The van der Waals surface area contributed by atoms with Crippen LogP contribution in [0.3, 0.4) is 0 Å². The van der Waals surface area contributed by atoms with E-state index in [4.69, 9.17) is 0 Å². The molecule has 1 fully saturated rings. The zero-order chi connectivity index (χ0) is 16.9. The summed E-state index contributed by atoms with van der Waals surface area (Å²) < 4.78 is 25.0. The number of hydrogen-bond acceptors (Lipinski definition) is 4. The number of hydrogen-bond donors (Lipinski definition) is 2. The first-order valence-electron chi connectivity index (χ1n) is 7.91. The smallest absolute Gasteiger partial charge is 0.214 e. The highest BCUT2D eigenvalue weighted by Crippen LogP contribution is 2.16. The highest BCUT2D eigenvalue weighted by Gasteiger charge is 2.27. The Bertz CT molecular complexity index is 646. The zero-order valence-corrected chi connectivity index (χ0v) is 18.4. The third-order valence-corrected chi connectivity index (χ3v) is 6.75. The Hall–Kier alpha value is -0.390. The normalized spacial score (nSPS) is 18.9. The van der Waals surface area contributed by atoms with E-state index in [9.17, 15) is 8.42 Å². The van der Waals surface area contributed by atoms with Crippen LogP contribution in [0.4, 0.5) is 0 Å². The van der Waals surface area contributed by atoms with Crippen molar-refractivity contribution in [3.63, 3.8) is 0 Å². The second-order valence-electron chi connectivity index (χ2n) is 5.83. The van der Waals surface area contributed by atoms with Gasteiger partial charge in [-0.3, -0.25) is 4.99 Å². The average molecular weight is 486 g/mol. The Morgan fingerprint density at radius 1 is 1.46 bits per heavy atom. The van der Waals surface area contributed by atoms with E-state index in [0.717, 1.165) is 12.8 Å². The Kier molecular flexibility index (Phi) is 8.96. The second-order valence-corrected chi connectivity index (χ2v) is 9.29. The quantitative estimate of drug-likeness (QED) is 0.366. The lowest BCUT2D eigenvalue weighted by Crippen LogP contribution is -2.45. The lowest BCUT2D eigenvalue weighted by molar-refractivity contribution is 0.444. The number of guanidine groups is 1. The number of halogens is 1. The van der Waals surface area contributed by atoms with E-state index in [-0.39, 0.29) is 35.8 Å². The van der Waals surface area contributed by atoms with E-state index in [0.29, 0.717) is 25.6 Å². The summed E-state index contributed by atoms with van der Waals surface area (Å²) in [5, 5.41) is 6.54. The molecular formula is C15H27IN4O2S2. The molecule has 1 aromatic heterocycles. The van der Waals surface area contributed by atoms with Crippen molar-refractivity contribution in [3.8, 4) is 0 Å². The van der Waals surface area contributed by atoms with Crippen molar-refractivity contribution >= 4 is 51.3 Å². The Morgan fingerprint density at radius 3 is 2.75 bits per heavy atom. The predicted octanol–water partition coefficient (Wildman–Crippen LogP) is 1.81. The molecule has 24 heavy (non-hydrogen) atoms. The summed E-state index contributed by atoms with van der Waals surface area (Å²) in [7, 11) is -1.29. The highest BCUT2D eigenvalue weighted by molar-refractivity contribution is 14.0. The molecule has 1 saturated heterocycles. The van der Waals surface area contributed by atoms with Crippen molar-refractivity contribution in [2.75, 3.05) is 32.4 Å². The summed E-state index contributed by atoms with van der Waals surface area (Å²) in [6.45, 7) is 5.90. The number of sulfonamides is 1. The van der Waals surface area contributed by atoms with Crippen molar-refractivity contribution in [2.45, 2.75) is 32.7 Å². The number of aryl methyl sites for hydroxylation is 1. The van der Waals surface area contributed by atoms with Gasteiger partial charge in [0.05, 0.1) is 5.75 Å². The predicted molar refractivity (Wildman–Crippen MR) is 112 cm³/mol. The molecule has 2 N–H and O–H groups in total. The van der Waals surface area contributed by atoms with Crippen LogP contribution in [0, 0.1) is 6.92 Å². The van der Waals surface area contributed by atoms with E-state index in [1.807, 2.05) is 11.3 Å². The van der Waals surface area contributed by atoms with Crippen LogP contribution in [0.25, 0.3) is 0 Å². The van der Waals surface area contributed by atoms with Gasteiger partial charge in [-0.2, -0.15) is 0 Å². The monoisotopic (exact) mass is 486 g/mol. The van der Waals surface area contributed by atoms with Crippen molar-refractivity contribution in [3.05, 3.63) is 21.9 Å². The van der Waals surface area contributed by atoms with Crippen LogP contribution >= 0.6 is 35.3 Å². The molecule has 0 radical (unpaired) electrons. The molecule has 1 unspecified atom stereocenters. The van der Waals surface area contributed by atoms with Gasteiger partial charge in [0.15, 0.2) is 5.96 Å². The third kappa shape index (κ3) is 6.49. The molecule has 2 heterocycles. The van der Waals surface area contributed by atoms with E-state index < -0.39 is 10.0 Å². The van der Waals surface area contributed by atoms with Gasteiger partial charge < -0.3 is 10.6 Å². The van der Waals surface area contributed by atoms with Crippen LogP contribution in [0.15, 0.2) is 17.1 Å². The molecule has 0 aliphatic carbocycles. The van der Waals surface area contributed by atoms with E-state index >= 15 is 0 Å². The maximum absolute atomic E-state index is 11.7. The molecule has 9 heteroatoms. The molecule has 6 nitrogen and oxygen atoms in total. The Labute approximate surface area is 166 Å². The minimum atomic E-state index is -3.02. The number of aliphatic imine (C=N–C) groups is 1. The lowest BCUT2D eigenvalue weighted by Gasteiger charge is -2.19. The van der Waals surface area contributed by atoms with Crippen LogP contribution in [0.1, 0.15) is 23.1 Å². The van der Waals surface area contributed by atoms with E-state index in [2.05, 4.69) is 41.6 Å². The summed E-state index contributed by atoms with van der Waals surface area (Å²) in [4.78, 5) is 6.87. The van der Waals surface area contributed by atoms with Crippen LogP contribution in [-0.4, -0.2) is 57.2 Å². The molecule has 0 bridgehead atoms. The molecule has 2 rings (SSSR count). The van der Waals surface area contributed by atoms with Crippen molar-refractivity contribution in [1.29, 1.82) is 0 Å². The van der Waals surface area contributed by atoms with Gasteiger partial charge in [0.2, 0.25) is 10.0 Å². The topological polar surface area (TPSA) is 73.8 Å². The van der Waals surface area contributed by atoms with Gasteiger partial charge in [-0.05, 0) is 32.4 Å². The van der Waals surface area contributed by atoms with Gasteiger partial charge in [-0.1, -0.05) is 0 Å². The maximum Gasteiger partial charge on any atom is 0.214 e. The summed E-state index contributed by atoms with van der Waals surface area (Å²) in [6, 6.07) is 4.55. The molecule has 1 aliphatic rings. The summed E-state index contributed by atoms with van der Waals surface area (Å²) in [5.74, 6) is 0.986. The Balaban J connectivity index is 0.00000288. The first kappa shape index (κ1) is 21.7. The second kappa shape index (κ2) is 9.93. The third-order valence-electron chi connectivity index (χ3n) is 3.77. The van der Waals surface area contributed by atoms with E-state index in [1.54, 1.807) is 11.4 Å². The number of thiophene rings is 1. The fourth-order valence-corrected chi connectivity index (χ4v) is 5.16. The molecule has 0 aromatic carbocycles. The molecule has 0 saturated carbocycles. The molecule has 0 amide bonds. The number of rotatable bonds is 6. The average Bonchev–Trinajstić information content (AvgIpc) is 3.03. The number of nitrogens with zero attached hydrogens (tertiary/aromatic N) is 2. The first-order chi connectivity index (χ1) is 10.9. The van der Waals surface area contributed by atoms with Crippen molar-refractivity contribution < 1.29 is 8.42 Å². The fraction of sp³-hybridized carbons (Fsp3) is 0.667. The molecule has 1 aliphatic heterocycles. The van der Waals surface area contributed by atoms with Gasteiger partial charge in [-0.25, -0.2) is 12.7 Å². The first-order valence-corrected chi connectivity index (χ1v) is 10.3. The van der Waals surface area contributed by atoms with Gasteiger partial charge in [0.1, 0.15) is 0 Å².